The molecule has 0 unspecified atom stereocenters. The van der Waals surface area contributed by atoms with Crippen molar-refractivity contribution in [2.75, 3.05) is 6.54 Å². The van der Waals surface area contributed by atoms with E-state index in [-0.39, 0.29) is 13.0 Å². The van der Waals surface area contributed by atoms with E-state index in [1.165, 1.54) is 5.01 Å². The number of hydrazone groups is 1. The topological polar surface area (TPSA) is 105 Å². The Labute approximate surface area is 64.4 Å². The first-order chi connectivity index (χ1) is 5.07. The average molecular weight is 160 g/mol. The fourth-order valence-electron chi connectivity index (χ4n) is 0.452. The van der Waals surface area contributed by atoms with Crippen molar-refractivity contribution in [1.29, 1.82) is 0 Å². The second kappa shape index (κ2) is 4.51. The first-order valence-corrected chi connectivity index (χ1v) is 3.06. The van der Waals surface area contributed by atoms with Gasteiger partial charge in [0.25, 0.3) is 0 Å². The third kappa shape index (κ3) is 4.15. The van der Waals surface area contributed by atoms with Crippen LogP contribution in [-0.2, 0) is 4.79 Å². The van der Waals surface area contributed by atoms with Gasteiger partial charge in [-0.1, -0.05) is 0 Å². The van der Waals surface area contributed by atoms with Crippen molar-refractivity contribution in [3.05, 3.63) is 0 Å². The summed E-state index contributed by atoms with van der Waals surface area (Å²) in [6.45, 7) is 1.81. The molecule has 6 nitrogen and oxygen atoms in total. The molecule has 0 aromatic carbocycles. The van der Waals surface area contributed by atoms with E-state index in [9.17, 15) is 4.79 Å². The molecule has 0 fully saturated rings. The Kier molecular flexibility index (Phi) is 3.97. The maximum absolute atomic E-state index is 10.1. The predicted octanol–water partition coefficient (Wildman–Crippen LogP) is -1.07. The highest BCUT2D eigenvalue weighted by Gasteiger charge is 2.03. The van der Waals surface area contributed by atoms with E-state index >= 15 is 0 Å². The zero-order valence-corrected chi connectivity index (χ0v) is 6.32. The number of carbonyl (C=O) groups is 1. The van der Waals surface area contributed by atoms with Crippen LogP contribution in [0.15, 0.2) is 5.10 Å². The summed E-state index contributed by atoms with van der Waals surface area (Å²) in [5.41, 5.74) is 0. The van der Waals surface area contributed by atoms with Gasteiger partial charge in [0.2, 0.25) is 0 Å². The molecule has 0 aliphatic heterocycles. The second-order valence-corrected chi connectivity index (χ2v) is 2.01. The summed E-state index contributed by atoms with van der Waals surface area (Å²) in [6.07, 6.45) is -0.0244. The van der Waals surface area contributed by atoms with Gasteiger partial charge in [-0.25, -0.2) is 5.84 Å². The molecule has 6 heteroatoms. The van der Waals surface area contributed by atoms with Crippen molar-refractivity contribution in [2.45, 2.75) is 13.3 Å². The van der Waals surface area contributed by atoms with Crippen LogP contribution < -0.4 is 11.7 Å². The fourth-order valence-corrected chi connectivity index (χ4v) is 0.452. The van der Waals surface area contributed by atoms with Crippen LogP contribution in [-0.4, -0.2) is 28.5 Å². The first kappa shape index (κ1) is 9.70. The summed E-state index contributed by atoms with van der Waals surface area (Å²) in [5.74, 6) is 9.74. The molecule has 0 heterocycles. The molecule has 5 N–H and O–H groups in total. The molecule has 64 valence electrons. The lowest BCUT2D eigenvalue weighted by Gasteiger charge is -2.15. The minimum absolute atomic E-state index is 0.0244. The third-order valence-electron chi connectivity index (χ3n) is 1.17. The lowest BCUT2D eigenvalue weighted by molar-refractivity contribution is -0.137. The molecule has 0 aliphatic rings. The smallest absolute Gasteiger partial charge is 0.305 e. The number of hydrogen-bond acceptors (Lipinski definition) is 4. The molecular formula is C5H12N4O2. The molecule has 0 saturated carbocycles. The monoisotopic (exact) mass is 160 g/mol. The Balaban J connectivity index is 3.69. The Bertz CT molecular complexity index is 168. The van der Waals surface area contributed by atoms with Gasteiger partial charge in [0.1, 0.15) is 5.84 Å². The fraction of sp³-hybridized carbons (Fsp3) is 0.600. The van der Waals surface area contributed by atoms with Crippen LogP contribution in [0.2, 0.25) is 0 Å². The molecule has 0 aromatic heterocycles. The van der Waals surface area contributed by atoms with E-state index < -0.39 is 5.97 Å². The summed E-state index contributed by atoms with van der Waals surface area (Å²) in [7, 11) is 0. The summed E-state index contributed by atoms with van der Waals surface area (Å²) in [6, 6.07) is 0. The van der Waals surface area contributed by atoms with E-state index in [0.29, 0.717) is 5.84 Å². The highest BCUT2D eigenvalue weighted by Crippen LogP contribution is 1.85. The maximum atomic E-state index is 10.1. The Morgan fingerprint density at radius 2 is 2.27 bits per heavy atom. The third-order valence-corrected chi connectivity index (χ3v) is 1.17. The molecule has 0 bridgehead atoms. The van der Waals surface area contributed by atoms with Crippen LogP contribution in [0.5, 0.6) is 0 Å². The number of amidine groups is 1. The molecule has 0 spiro atoms. The van der Waals surface area contributed by atoms with Gasteiger partial charge in [0.15, 0.2) is 0 Å². The number of carboxylic acid groups (broad SMARTS) is 1. The number of rotatable bonds is 3. The van der Waals surface area contributed by atoms with E-state index in [2.05, 4.69) is 5.10 Å². The van der Waals surface area contributed by atoms with E-state index in [1.54, 1.807) is 6.92 Å². The number of nitrogens with two attached hydrogens (primary N) is 2. The molecule has 11 heavy (non-hydrogen) atoms. The van der Waals surface area contributed by atoms with Crippen molar-refractivity contribution in [1.82, 2.24) is 5.01 Å². The van der Waals surface area contributed by atoms with Crippen molar-refractivity contribution in [3.63, 3.8) is 0 Å². The molecule has 0 amide bonds. The van der Waals surface area contributed by atoms with Crippen LogP contribution in [0.3, 0.4) is 0 Å². The molecule has 0 radical (unpaired) electrons. The maximum Gasteiger partial charge on any atom is 0.305 e. The van der Waals surface area contributed by atoms with Crippen molar-refractivity contribution < 1.29 is 9.90 Å². The van der Waals surface area contributed by atoms with Gasteiger partial charge in [-0.3, -0.25) is 9.80 Å². The molecule has 0 aliphatic carbocycles. The van der Waals surface area contributed by atoms with Gasteiger partial charge in [-0.05, 0) is 6.92 Å². The standard InChI is InChI=1S/C5H12N4O2/c1-4(8-6)9(7)3-2-5(10)11/h2-3,6-7H2,1H3,(H,10,11)/b8-4-. The summed E-state index contributed by atoms with van der Waals surface area (Å²) in [5, 5.41) is 12.7. The van der Waals surface area contributed by atoms with Crippen LogP contribution in [0.4, 0.5) is 0 Å². The number of hydrogen-bond donors (Lipinski definition) is 3. The average Bonchev–Trinajstić information content (AvgIpc) is 1.98. The van der Waals surface area contributed by atoms with Crippen molar-refractivity contribution in [3.8, 4) is 0 Å². The summed E-state index contributed by atoms with van der Waals surface area (Å²) in [4.78, 5) is 10.1. The van der Waals surface area contributed by atoms with Crippen LogP contribution >= 0.6 is 0 Å². The van der Waals surface area contributed by atoms with Gasteiger partial charge < -0.3 is 10.9 Å². The number of nitrogens with zero attached hydrogens (tertiary/aromatic N) is 2. The summed E-state index contributed by atoms with van der Waals surface area (Å²) >= 11 is 0. The Morgan fingerprint density at radius 3 is 2.64 bits per heavy atom. The van der Waals surface area contributed by atoms with Gasteiger partial charge >= 0.3 is 5.97 Å². The number of hydrazine groups is 1. The minimum atomic E-state index is -0.898. The van der Waals surface area contributed by atoms with Gasteiger partial charge in [0, 0.05) is 6.54 Å². The lowest BCUT2D eigenvalue weighted by Crippen LogP contribution is -2.37. The molecule has 0 aromatic rings. The Hall–Kier alpha value is -1.30. The SMILES string of the molecule is C/C(=N/N)N(N)CCC(=O)O. The van der Waals surface area contributed by atoms with Crippen molar-refractivity contribution >= 4 is 11.8 Å². The van der Waals surface area contributed by atoms with E-state index in [4.69, 9.17) is 16.8 Å². The summed E-state index contributed by atoms with van der Waals surface area (Å²) < 4.78 is 0. The number of aliphatic carboxylic acids is 1. The van der Waals surface area contributed by atoms with Crippen LogP contribution in [0.1, 0.15) is 13.3 Å². The minimum Gasteiger partial charge on any atom is -0.481 e. The molecule has 0 saturated heterocycles. The lowest BCUT2D eigenvalue weighted by atomic mass is 10.4. The van der Waals surface area contributed by atoms with Gasteiger partial charge in [-0.2, -0.15) is 5.10 Å². The number of carboxylic acids is 1. The highest BCUT2D eigenvalue weighted by molar-refractivity contribution is 5.79. The highest BCUT2D eigenvalue weighted by atomic mass is 16.4. The van der Waals surface area contributed by atoms with Gasteiger partial charge in [-0.15, -0.1) is 0 Å². The zero-order valence-electron chi connectivity index (χ0n) is 6.32. The molecule has 0 rings (SSSR count). The van der Waals surface area contributed by atoms with Crippen LogP contribution in [0.25, 0.3) is 0 Å². The zero-order chi connectivity index (χ0) is 8.85. The molecular weight excluding hydrogens is 148 g/mol. The normalized spacial score (nSPS) is 11.3. The van der Waals surface area contributed by atoms with E-state index in [1.807, 2.05) is 0 Å². The van der Waals surface area contributed by atoms with Gasteiger partial charge in [0.05, 0.1) is 6.42 Å². The quantitative estimate of drug-likeness (QED) is 0.211. The van der Waals surface area contributed by atoms with Crippen molar-refractivity contribution in [2.24, 2.45) is 16.8 Å². The largest absolute Gasteiger partial charge is 0.481 e. The first-order valence-electron chi connectivity index (χ1n) is 3.06. The molecule has 0 atom stereocenters. The van der Waals surface area contributed by atoms with E-state index in [0.717, 1.165) is 0 Å². The predicted molar refractivity (Wildman–Crippen MR) is 40.4 cm³/mol. The van der Waals surface area contributed by atoms with Crippen LogP contribution in [0, 0.1) is 0 Å². The Morgan fingerprint density at radius 1 is 1.73 bits per heavy atom. The second-order valence-electron chi connectivity index (χ2n) is 2.01.